The molecule has 1 aliphatic carbocycles. The van der Waals surface area contributed by atoms with E-state index in [4.69, 9.17) is 0 Å². The van der Waals surface area contributed by atoms with E-state index in [1.54, 1.807) is 0 Å². The van der Waals surface area contributed by atoms with Crippen molar-refractivity contribution in [1.82, 2.24) is 10.2 Å². The number of nitrogens with zero attached hydrogens (tertiary/aromatic N) is 2. The summed E-state index contributed by atoms with van der Waals surface area (Å²) in [7, 11) is 0. The zero-order valence-corrected chi connectivity index (χ0v) is 10.5. The fraction of sp³-hybridized carbons (Fsp3) is 0.923. The van der Waals surface area contributed by atoms with Crippen LogP contribution >= 0.6 is 0 Å². The minimum Gasteiger partial charge on any atom is -0.315 e. The van der Waals surface area contributed by atoms with Gasteiger partial charge in [-0.3, -0.25) is 4.90 Å². The topological polar surface area (TPSA) is 39.1 Å². The Hall–Kier alpha value is -0.590. The summed E-state index contributed by atoms with van der Waals surface area (Å²) in [6, 6.07) is 2.60. The van der Waals surface area contributed by atoms with Crippen molar-refractivity contribution >= 4 is 0 Å². The van der Waals surface area contributed by atoms with Gasteiger partial charge in [-0.2, -0.15) is 5.26 Å². The van der Waals surface area contributed by atoms with Crippen molar-refractivity contribution < 1.29 is 0 Å². The van der Waals surface area contributed by atoms with E-state index < -0.39 is 0 Å². The first-order chi connectivity index (χ1) is 7.68. The zero-order valence-electron chi connectivity index (χ0n) is 10.5. The third-order valence-electron chi connectivity index (χ3n) is 4.30. The highest BCUT2D eigenvalue weighted by Crippen LogP contribution is 2.45. The fourth-order valence-electron chi connectivity index (χ4n) is 2.97. The molecule has 1 heterocycles. The molecule has 0 aromatic carbocycles. The van der Waals surface area contributed by atoms with Gasteiger partial charge in [-0.1, -0.05) is 13.8 Å². The molecule has 2 fully saturated rings. The Morgan fingerprint density at radius 1 is 1.31 bits per heavy atom. The second kappa shape index (κ2) is 4.73. The first kappa shape index (κ1) is 11.9. The molecule has 16 heavy (non-hydrogen) atoms. The maximum absolute atomic E-state index is 9.47. The quantitative estimate of drug-likeness (QED) is 0.770. The van der Waals surface area contributed by atoms with Crippen LogP contribution in [0.15, 0.2) is 0 Å². The molecule has 1 saturated carbocycles. The van der Waals surface area contributed by atoms with Gasteiger partial charge in [0.05, 0.1) is 6.07 Å². The van der Waals surface area contributed by atoms with Crippen LogP contribution in [0.2, 0.25) is 0 Å². The molecule has 0 unspecified atom stereocenters. The molecule has 1 N–H and O–H groups in total. The molecule has 0 radical (unpaired) electrons. The SMILES string of the molecule is CC(C)C1CC(C#N)(N2CCCNCC2)C1. The lowest BCUT2D eigenvalue weighted by Crippen LogP contribution is -2.58. The Bertz CT molecular complexity index is 265. The van der Waals surface area contributed by atoms with Crippen LogP contribution in [0.3, 0.4) is 0 Å². The van der Waals surface area contributed by atoms with Crippen molar-refractivity contribution in [2.24, 2.45) is 11.8 Å². The standard InChI is InChI=1S/C13H23N3/c1-11(2)12-8-13(9-12,10-14)16-6-3-4-15-5-7-16/h11-12,15H,3-9H2,1-2H3. The number of hydrogen-bond donors (Lipinski definition) is 1. The largest absolute Gasteiger partial charge is 0.315 e. The molecular weight excluding hydrogens is 198 g/mol. The van der Waals surface area contributed by atoms with Crippen molar-refractivity contribution in [2.75, 3.05) is 26.2 Å². The van der Waals surface area contributed by atoms with Gasteiger partial charge in [0.25, 0.3) is 0 Å². The maximum Gasteiger partial charge on any atom is 0.109 e. The Balaban J connectivity index is 1.98. The summed E-state index contributed by atoms with van der Waals surface area (Å²) in [4.78, 5) is 2.42. The van der Waals surface area contributed by atoms with Crippen molar-refractivity contribution in [1.29, 1.82) is 5.26 Å². The molecular formula is C13H23N3. The van der Waals surface area contributed by atoms with Crippen LogP contribution in [0.1, 0.15) is 33.1 Å². The molecule has 3 heteroatoms. The van der Waals surface area contributed by atoms with E-state index in [1.165, 1.54) is 6.42 Å². The molecule has 2 aliphatic rings. The second-order valence-electron chi connectivity index (χ2n) is 5.65. The normalized spacial score (nSPS) is 36.5. The van der Waals surface area contributed by atoms with Crippen molar-refractivity contribution in [2.45, 2.75) is 38.6 Å². The predicted octanol–water partition coefficient (Wildman–Crippen LogP) is 1.61. The summed E-state index contributed by atoms with van der Waals surface area (Å²) in [5, 5.41) is 12.9. The minimum atomic E-state index is -0.124. The number of nitriles is 1. The number of hydrogen-bond acceptors (Lipinski definition) is 3. The lowest BCUT2D eigenvalue weighted by atomic mass is 9.64. The second-order valence-corrected chi connectivity index (χ2v) is 5.65. The highest BCUT2D eigenvalue weighted by molar-refractivity contribution is 5.17. The summed E-state index contributed by atoms with van der Waals surface area (Å²) < 4.78 is 0. The van der Waals surface area contributed by atoms with Crippen LogP contribution in [-0.2, 0) is 0 Å². The van der Waals surface area contributed by atoms with Gasteiger partial charge in [-0.25, -0.2) is 0 Å². The Morgan fingerprint density at radius 2 is 2.06 bits per heavy atom. The van der Waals surface area contributed by atoms with E-state index in [0.717, 1.165) is 50.9 Å². The van der Waals surface area contributed by atoms with Crippen LogP contribution < -0.4 is 5.32 Å². The van der Waals surface area contributed by atoms with E-state index in [9.17, 15) is 5.26 Å². The van der Waals surface area contributed by atoms with E-state index in [1.807, 2.05) is 0 Å². The lowest BCUT2D eigenvalue weighted by Gasteiger charge is -2.51. The summed E-state index contributed by atoms with van der Waals surface area (Å²) in [6.07, 6.45) is 3.35. The Labute approximate surface area is 98.8 Å². The number of rotatable bonds is 2. The summed E-state index contributed by atoms with van der Waals surface area (Å²) in [5.41, 5.74) is -0.124. The predicted molar refractivity (Wildman–Crippen MR) is 65.0 cm³/mol. The molecule has 0 atom stereocenters. The maximum atomic E-state index is 9.47. The van der Waals surface area contributed by atoms with Gasteiger partial charge in [0.1, 0.15) is 5.54 Å². The number of nitrogens with one attached hydrogen (secondary N) is 1. The third kappa shape index (κ3) is 2.09. The highest BCUT2D eigenvalue weighted by atomic mass is 15.2. The molecule has 90 valence electrons. The molecule has 0 aromatic rings. The van der Waals surface area contributed by atoms with Gasteiger partial charge in [0.15, 0.2) is 0 Å². The highest BCUT2D eigenvalue weighted by Gasteiger charge is 2.49. The van der Waals surface area contributed by atoms with Crippen LogP contribution in [0.5, 0.6) is 0 Å². The van der Waals surface area contributed by atoms with Crippen LogP contribution in [-0.4, -0.2) is 36.6 Å². The van der Waals surface area contributed by atoms with Crippen LogP contribution in [0.25, 0.3) is 0 Å². The smallest absolute Gasteiger partial charge is 0.109 e. The third-order valence-corrected chi connectivity index (χ3v) is 4.30. The molecule has 0 spiro atoms. The van der Waals surface area contributed by atoms with Gasteiger partial charge in [-0.15, -0.1) is 0 Å². The molecule has 0 bridgehead atoms. The zero-order chi connectivity index (χ0) is 11.6. The molecule has 3 nitrogen and oxygen atoms in total. The molecule has 1 aliphatic heterocycles. The van der Waals surface area contributed by atoms with Crippen molar-refractivity contribution in [3.63, 3.8) is 0 Å². The van der Waals surface area contributed by atoms with E-state index in [-0.39, 0.29) is 5.54 Å². The monoisotopic (exact) mass is 221 g/mol. The van der Waals surface area contributed by atoms with Gasteiger partial charge in [-0.05, 0) is 37.6 Å². The Morgan fingerprint density at radius 3 is 2.69 bits per heavy atom. The average molecular weight is 221 g/mol. The Kier molecular flexibility index (Phi) is 3.51. The van der Waals surface area contributed by atoms with E-state index >= 15 is 0 Å². The van der Waals surface area contributed by atoms with Gasteiger partial charge in [0, 0.05) is 19.6 Å². The fourth-order valence-corrected chi connectivity index (χ4v) is 2.97. The molecule has 0 aromatic heterocycles. The first-order valence-corrected chi connectivity index (χ1v) is 6.55. The summed E-state index contributed by atoms with van der Waals surface area (Å²) in [5.74, 6) is 1.49. The molecule has 1 saturated heterocycles. The summed E-state index contributed by atoms with van der Waals surface area (Å²) in [6.45, 7) is 8.82. The minimum absolute atomic E-state index is 0.124. The van der Waals surface area contributed by atoms with Gasteiger partial charge < -0.3 is 5.32 Å². The first-order valence-electron chi connectivity index (χ1n) is 6.55. The molecule has 0 amide bonds. The lowest BCUT2D eigenvalue weighted by molar-refractivity contribution is 0.00466. The van der Waals surface area contributed by atoms with E-state index in [2.05, 4.69) is 30.1 Å². The van der Waals surface area contributed by atoms with Crippen LogP contribution in [0.4, 0.5) is 0 Å². The average Bonchev–Trinajstić information content (AvgIpc) is 2.45. The van der Waals surface area contributed by atoms with Gasteiger partial charge in [0.2, 0.25) is 0 Å². The van der Waals surface area contributed by atoms with Crippen LogP contribution in [0, 0.1) is 23.2 Å². The van der Waals surface area contributed by atoms with E-state index in [0.29, 0.717) is 0 Å². The molecule has 2 rings (SSSR count). The van der Waals surface area contributed by atoms with Crippen molar-refractivity contribution in [3.8, 4) is 6.07 Å². The summed E-state index contributed by atoms with van der Waals surface area (Å²) >= 11 is 0. The van der Waals surface area contributed by atoms with Gasteiger partial charge >= 0.3 is 0 Å². The van der Waals surface area contributed by atoms with Crippen molar-refractivity contribution in [3.05, 3.63) is 0 Å².